The number of nitrogens with one attached hydrogen (secondary N) is 2. The van der Waals surface area contributed by atoms with E-state index in [9.17, 15) is 0 Å². The Kier molecular flexibility index (Phi) is 3.49. The summed E-state index contributed by atoms with van der Waals surface area (Å²) in [6, 6.07) is 0. The molecule has 78 valence electrons. The molecule has 1 saturated heterocycles. The Labute approximate surface area is 91.7 Å². The second-order valence-corrected chi connectivity index (χ2v) is 5.02. The molecule has 0 radical (unpaired) electrons. The van der Waals surface area contributed by atoms with Gasteiger partial charge in [0.25, 0.3) is 0 Å². The van der Waals surface area contributed by atoms with Crippen LogP contribution in [0.5, 0.6) is 0 Å². The fourth-order valence-corrected chi connectivity index (χ4v) is 2.28. The highest BCUT2D eigenvalue weighted by Crippen LogP contribution is 2.17. The van der Waals surface area contributed by atoms with Crippen LogP contribution in [0.4, 0.5) is 5.13 Å². The summed E-state index contributed by atoms with van der Waals surface area (Å²) >= 11 is 6.43. The van der Waals surface area contributed by atoms with Gasteiger partial charge in [0.15, 0.2) is 3.95 Å². The third kappa shape index (κ3) is 2.76. The second-order valence-electron chi connectivity index (χ2n) is 3.35. The molecule has 0 amide bonds. The third-order valence-electron chi connectivity index (χ3n) is 2.32. The van der Waals surface area contributed by atoms with Crippen LogP contribution in [0.15, 0.2) is 0 Å². The fourth-order valence-electron chi connectivity index (χ4n) is 1.49. The third-order valence-corrected chi connectivity index (χ3v) is 3.37. The lowest BCUT2D eigenvalue weighted by atomic mass is 10.0. The van der Waals surface area contributed by atoms with Crippen LogP contribution in [0.1, 0.15) is 12.8 Å². The summed E-state index contributed by atoms with van der Waals surface area (Å²) in [5.74, 6) is 0.709. The van der Waals surface area contributed by atoms with Crippen LogP contribution in [0.25, 0.3) is 0 Å². The Morgan fingerprint density at radius 2 is 2.36 bits per heavy atom. The molecule has 14 heavy (non-hydrogen) atoms. The van der Waals surface area contributed by atoms with Gasteiger partial charge < -0.3 is 10.1 Å². The molecule has 2 heterocycles. The van der Waals surface area contributed by atoms with E-state index in [0.29, 0.717) is 5.92 Å². The molecule has 0 saturated carbocycles. The predicted octanol–water partition coefficient (Wildman–Crippen LogP) is 2.04. The van der Waals surface area contributed by atoms with E-state index in [1.54, 1.807) is 0 Å². The van der Waals surface area contributed by atoms with Gasteiger partial charge in [-0.15, -0.1) is 5.10 Å². The van der Waals surface area contributed by atoms with Crippen molar-refractivity contribution >= 4 is 28.7 Å². The average molecular weight is 231 g/mol. The van der Waals surface area contributed by atoms with Crippen molar-refractivity contribution in [1.29, 1.82) is 0 Å². The number of aromatic amines is 1. The van der Waals surface area contributed by atoms with Crippen molar-refractivity contribution in [1.82, 2.24) is 10.2 Å². The van der Waals surface area contributed by atoms with Crippen LogP contribution in [-0.4, -0.2) is 30.0 Å². The molecule has 0 aromatic carbocycles. The average Bonchev–Trinajstić information content (AvgIpc) is 2.63. The second kappa shape index (κ2) is 4.86. The van der Waals surface area contributed by atoms with Crippen molar-refractivity contribution in [2.75, 3.05) is 25.1 Å². The molecular weight excluding hydrogens is 218 g/mol. The first-order valence-corrected chi connectivity index (χ1v) is 5.94. The van der Waals surface area contributed by atoms with E-state index in [4.69, 9.17) is 17.0 Å². The lowest BCUT2D eigenvalue weighted by molar-refractivity contribution is 0.0699. The molecule has 2 rings (SSSR count). The van der Waals surface area contributed by atoms with Gasteiger partial charge in [-0.05, 0) is 31.0 Å². The maximum atomic E-state index is 5.29. The van der Waals surface area contributed by atoms with Crippen LogP contribution in [0, 0.1) is 9.87 Å². The van der Waals surface area contributed by atoms with Crippen molar-refractivity contribution < 1.29 is 4.74 Å². The molecule has 1 aliphatic heterocycles. The molecule has 4 nitrogen and oxygen atoms in total. The van der Waals surface area contributed by atoms with E-state index in [-0.39, 0.29) is 0 Å². The van der Waals surface area contributed by atoms with Gasteiger partial charge in [0.05, 0.1) is 0 Å². The topological polar surface area (TPSA) is 49.9 Å². The van der Waals surface area contributed by atoms with Crippen molar-refractivity contribution in [2.45, 2.75) is 12.8 Å². The number of hydrogen-bond acceptors (Lipinski definition) is 5. The highest BCUT2D eigenvalue weighted by atomic mass is 32.1. The Morgan fingerprint density at radius 1 is 1.57 bits per heavy atom. The smallest absolute Gasteiger partial charge is 0.204 e. The molecule has 2 N–H and O–H groups in total. The monoisotopic (exact) mass is 231 g/mol. The van der Waals surface area contributed by atoms with Gasteiger partial charge in [-0.2, -0.15) is 0 Å². The van der Waals surface area contributed by atoms with Gasteiger partial charge in [0.1, 0.15) is 0 Å². The Balaban J connectivity index is 1.78. The summed E-state index contributed by atoms with van der Waals surface area (Å²) in [7, 11) is 0. The number of hydrogen-bond donors (Lipinski definition) is 2. The van der Waals surface area contributed by atoms with E-state index in [1.807, 2.05) is 0 Å². The summed E-state index contributed by atoms with van der Waals surface area (Å²) in [6.45, 7) is 2.75. The van der Waals surface area contributed by atoms with Crippen molar-refractivity contribution in [3.8, 4) is 0 Å². The van der Waals surface area contributed by atoms with Gasteiger partial charge in [0, 0.05) is 19.8 Å². The maximum absolute atomic E-state index is 5.29. The van der Waals surface area contributed by atoms with E-state index in [2.05, 4.69) is 15.5 Å². The minimum Gasteiger partial charge on any atom is -0.381 e. The molecule has 0 unspecified atom stereocenters. The molecule has 6 heteroatoms. The number of nitrogens with zero attached hydrogens (tertiary/aromatic N) is 1. The Bertz CT molecular complexity index is 329. The minimum atomic E-state index is 0.709. The molecule has 0 spiro atoms. The number of ether oxygens (including phenoxy) is 1. The number of aromatic nitrogens is 2. The van der Waals surface area contributed by atoms with Crippen molar-refractivity contribution in [3.05, 3.63) is 3.95 Å². The quantitative estimate of drug-likeness (QED) is 0.782. The van der Waals surface area contributed by atoms with E-state index < -0.39 is 0 Å². The maximum Gasteiger partial charge on any atom is 0.204 e. The number of anilines is 1. The van der Waals surface area contributed by atoms with Gasteiger partial charge >= 0.3 is 0 Å². The van der Waals surface area contributed by atoms with Crippen molar-refractivity contribution in [2.24, 2.45) is 5.92 Å². The lowest BCUT2D eigenvalue weighted by Crippen LogP contribution is -2.22. The zero-order valence-electron chi connectivity index (χ0n) is 7.78. The Morgan fingerprint density at radius 3 is 3.00 bits per heavy atom. The summed E-state index contributed by atoms with van der Waals surface area (Å²) < 4.78 is 6.01. The van der Waals surface area contributed by atoms with Crippen LogP contribution in [0.2, 0.25) is 0 Å². The number of H-pyrrole nitrogens is 1. The van der Waals surface area contributed by atoms with E-state index >= 15 is 0 Å². The SMILES string of the molecule is S=c1[nH]nc(NCC2CCOCC2)s1. The molecule has 1 aromatic heterocycles. The standard InChI is InChI=1S/C8H13N3OS2/c13-8-11-10-7(14-8)9-5-6-1-3-12-4-2-6/h6H,1-5H2,(H,9,10)(H,11,13). The summed E-state index contributed by atoms with van der Waals surface area (Å²) in [4.78, 5) is 0. The summed E-state index contributed by atoms with van der Waals surface area (Å²) in [5.41, 5.74) is 0. The Hall–Kier alpha value is -0.460. The van der Waals surface area contributed by atoms with Crippen LogP contribution in [0.3, 0.4) is 0 Å². The van der Waals surface area contributed by atoms with E-state index in [0.717, 1.165) is 41.7 Å². The highest BCUT2D eigenvalue weighted by molar-refractivity contribution is 7.73. The van der Waals surface area contributed by atoms with Gasteiger partial charge in [-0.1, -0.05) is 11.3 Å². The highest BCUT2D eigenvalue weighted by Gasteiger charge is 2.13. The molecule has 1 fully saturated rings. The first-order chi connectivity index (χ1) is 6.84. The normalized spacial score (nSPS) is 18.3. The van der Waals surface area contributed by atoms with Gasteiger partial charge in [-0.3, -0.25) is 5.10 Å². The molecular formula is C8H13N3OS2. The minimum absolute atomic E-state index is 0.709. The first-order valence-electron chi connectivity index (χ1n) is 4.72. The van der Waals surface area contributed by atoms with Crippen LogP contribution in [-0.2, 0) is 4.74 Å². The summed E-state index contributed by atoms with van der Waals surface area (Å²) in [5, 5.41) is 11.0. The van der Waals surface area contributed by atoms with Gasteiger partial charge in [0.2, 0.25) is 5.13 Å². The summed E-state index contributed by atoms with van der Waals surface area (Å²) in [6.07, 6.45) is 2.28. The largest absolute Gasteiger partial charge is 0.381 e. The van der Waals surface area contributed by atoms with Crippen LogP contribution < -0.4 is 5.32 Å². The van der Waals surface area contributed by atoms with E-state index in [1.165, 1.54) is 11.3 Å². The van der Waals surface area contributed by atoms with Crippen LogP contribution >= 0.6 is 23.6 Å². The first kappa shape index (κ1) is 10.1. The number of rotatable bonds is 3. The molecule has 0 atom stereocenters. The molecule has 1 aliphatic rings. The molecule has 0 bridgehead atoms. The molecule has 1 aromatic rings. The molecule has 0 aliphatic carbocycles. The predicted molar refractivity (Wildman–Crippen MR) is 59.3 cm³/mol. The van der Waals surface area contributed by atoms with Gasteiger partial charge in [-0.25, -0.2) is 0 Å². The lowest BCUT2D eigenvalue weighted by Gasteiger charge is -2.21. The van der Waals surface area contributed by atoms with Crippen molar-refractivity contribution in [3.63, 3.8) is 0 Å². The fraction of sp³-hybridized carbons (Fsp3) is 0.750. The zero-order chi connectivity index (χ0) is 9.80. The zero-order valence-corrected chi connectivity index (χ0v) is 9.42.